The lowest BCUT2D eigenvalue weighted by Gasteiger charge is -2.07. The second-order valence-corrected chi connectivity index (χ2v) is 7.70. The lowest BCUT2D eigenvalue weighted by atomic mass is 10.3. The number of hydrogen-bond acceptors (Lipinski definition) is 9. The predicted molar refractivity (Wildman–Crippen MR) is 125 cm³/mol. The molecule has 3 rings (SSSR count). The van der Waals surface area contributed by atoms with Crippen molar-refractivity contribution < 1.29 is 46.7 Å². The second kappa shape index (κ2) is 12.9. The van der Waals surface area contributed by atoms with Gasteiger partial charge in [0.15, 0.2) is 29.2 Å². The number of carboxylic acid groups (broad SMARTS) is 1. The zero-order chi connectivity index (χ0) is 28.6. The number of esters is 1. The highest BCUT2D eigenvalue weighted by molar-refractivity contribution is 6.29. The number of aromatic nitrogens is 4. The zero-order valence-electron chi connectivity index (χ0n) is 20.5. The Morgan fingerprint density at radius 2 is 1.92 bits per heavy atom. The summed E-state index contributed by atoms with van der Waals surface area (Å²) >= 11 is 5.84. The first-order valence-electron chi connectivity index (χ1n) is 10.9. The number of amides is 1. The van der Waals surface area contributed by atoms with Crippen LogP contribution in [0.4, 0.5) is 19.0 Å². The lowest BCUT2D eigenvalue weighted by Crippen LogP contribution is -2.40. The molecule has 12 nitrogen and oxygen atoms in total. The Morgan fingerprint density at radius 3 is 2.47 bits per heavy atom. The average Bonchev–Trinajstić information content (AvgIpc) is 3.18. The molecule has 0 fully saturated rings. The number of ether oxygens (including phenoxy) is 2. The Morgan fingerprint density at radius 1 is 1.26 bits per heavy atom. The molecule has 0 saturated heterocycles. The van der Waals surface area contributed by atoms with Crippen LogP contribution in [0.5, 0.6) is 5.75 Å². The van der Waals surface area contributed by atoms with E-state index in [9.17, 15) is 22.8 Å². The van der Waals surface area contributed by atoms with E-state index in [1.807, 2.05) is 26.0 Å². The van der Waals surface area contributed by atoms with E-state index in [2.05, 4.69) is 29.2 Å². The Hall–Kier alpha value is -4.14. The fourth-order valence-corrected chi connectivity index (χ4v) is 3.48. The standard InChI is InChI=1S/C20H23ClN6O4.C2HF3O2/c1-4-26-13-7-6-12(31-11-17(28)30-3)8-14(13)27(5-2)16(26)10-24-20(29)18-19(22)23-9-15(21)25-18;3-2(4,5)1(6)7/h6-9H,4-5,10-11H2,1-3H3,(H2-,22,23,24,29);(H,6,7). The van der Waals surface area contributed by atoms with Gasteiger partial charge in [-0.15, -0.1) is 0 Å². The van der Waals surface area contributed by atoms with Gasteiger partial charge in [-0.1, -0.05) is 11.6 Å². The summed E-state index contributed by atoms with van der Waals surface area (Å²) in [5.41, 5.74) is 7.63. The number of carbonyl (C=O) groups is 3. The first kappa shape index (κ1) is 30.1. The monoisotopic (exact) mass is 560 g/mol. The number of nitrogen functional groups attached to an aromatic ring is 1. The minimum absolute atomic E-state index is 0.00806. The van der Waals surface area contributed by atoms with E-state index in [0.29, 0.717) is 18.8 Å². The maximum atomic E-state index is 12.6. The number of carboxylic acids is 1. The van der Waals surface area contributed by atoms with Crippen molar-refractivity contribution in [2.75, 3.05) is 19.5 Å². The number of aryl methyl sites for hydroxylation is 2. The van der Waals surface area contributed by atoms with Gasteiger partial charge in [0, 0.05) is 6.07 Å². The Labute approximate surface area is 219 Å². The number of halogens is 4. The number of alkyl halides is 3. The van der Waals surface area contributed by atoms with Gasteiger partial charge >= 0.3 is 12.1 Å². The van der Waals surface area contributed by atoms with Crippen LogP contribution >= 0.6 is 11.6 Å². The first-order chi connectivity index (χ1) is 17.8. The van der Waals surface area contributed by atoms with Crippen LogP contribution < -0.4 is 25.5 Å². The fraction of sp³-hybridized carbons (Fsp3) is 0.364. The molecule has 3 aromatic rings. The topological polar surface area (TPSA) is 165 Å². The zero-order valence-corrected chi connectivity index (χ0v) is 21.2. The van der Waals surface area contributed by atoms with Gasteiger partial charge in [0.1, 0.15) is 23.4 Å². The molecule has 0 unspecified atom stereocenters. The largest absolute Gasteiger partial charge is 0.542 e. The number of anilines is 1. The highest BCUT2D eigenvalue weighted by Gasteiger charge is 2.29. The molecule has 1 aromatic carbocycles. The van der Waals surface area contributed by atoms with E-state index in [4.69, 9.17) is 32.0 Å². The molecule has 38 heavy (non-hydrogen) atoms. The molecule has 0 aliphatic carbocycles. The van der Waals surface area contributed by atoms with Crippen LogP contribution in [0.3, 0.4) is 0 Å². The summed E-state index contributed by atoms with van der Waals surface area (Å²) in [7, 11) is 1.31. The number of fused-ring (bicyclic) bond motifs is 1. The number of aliphatic carboxylic acids is 1. The molecular weight excluding hydrogens is 537 g/mol. The Balaban J connectivity index is 0.000000638. The number of nitrogens with zero attached hydrogens (tertiary/aromatic N) is 4. The molecular formula is C22H24ClF3N6O6. The Kier molecular flexibility index (Phi) is 10.2. The van der Waals surface area contributed by atoms with Gasteiger partial charge in [-0.25, -0.2) is 23.9 Å². The molecule has 16 heteroatoms. The van der Waals surface area contributed by atoms with Gasteiger partial charge in [0.2, 0.25) is 0 Å². The Bertz CT molecular complexity index is 1330. The molecule has 3 N–H and O–H groups in total. The van der Waals surface area contributed by atoms with Gasteiger partial charge in [-0.2, -0.15) is 13.2 Å². The molecule has 0 spiro atoms. The van der Waals surface area contributed by atoms with Crippen molar-refractivity contribution in [2.45, 2.75) is 39.7 Å². The lowest BCUT2D eigenvalue weighted by molar-refractivity contribution is -0.676. The van der Waals surface area contributed by atoms with Crippen LogP contribution in [0.1, 0.15) is 30.2 Å². The third kappa shape index (κ3) is 7.44. The molecule has 0 aliphatic rings. The van der Waals surface area contributed by atoms with E-state index in [1.54, 1.807) is 6.07 Å². The maximum absolute atomic E-state index is 12.6. The summed E-state index contributed by atoms with van der Waals surface area (Å²) in [6.07, 6.45) is -3.91. The van der Waals surface area contributed by atoms with Gasteiger partial charge in [0.05, 0.1) is 26.4 Å². The van der Waals surface area contributed by atoms with E-state index < -0.39 is 24.0 Å². The number of hydrogen-bond donors (Lipinski definition) is 2. The molecule has 0 saturated carbocycles. The van der Waals surface area contributed by atoms with Crippen molar-refractivity contribution in [3.8, 4) is 5.75 Å². The quantitative estimate of drug-likeness (QED) is 0.299. The molecule has 0 radical (unpaired) electrons. The van der Waals surface area contributed by atoms with Crippen LogP contribution in [0.25, 0.3) is 11.0 Å². The number of nitrogens with one attached hydrogen (secondary N) is 1. The molecule has 0 bridgehead atoms. The van der Waals surface area contributed by atoms with E-state index in [0.717, 1.165) is 16.9 Å². The summed E-state index contributed by atoms with van der Waals surface area (Å²) < 4.78 is 45.8. The van der Waals surface area contributed by atoms with E-state index >= 15 is 0 Å². The third-order valence-electron chi connectivity index (χ3n) is 4.99. The normalized spacial score (nSPS) is 10.9. The fourth-order valence-electron chi connectivity index (χ4n) is 3.35. The molecule has 0 aliphatic heterocycles. The van der Waals surface area contributed by atoms with Crippen LogP contribution in [0.15, 0.2) is 24.4 Å². The summed E-state index contributed by atoms with van der Waals surface area (Å²) in [6, 6.07) is 5.57. The third-order valence-corrected chi connectivity index (χ3v) is 5.18. The number of rotatable bonds is 8. The SMILES string of the molecule is CCn1c(CNC(=O)c2nc(Cl)cnc2N)[n+](CC)c2ccc(OCC(=O)OC)cc21.O=C([O-])C(F)(F)F. The van der Waals surface area contributed by atoms with Crippen molar-refractivity contribution >= 4 is 46.3 Å². The van der Waals surface area contributed by atoms with E-state index in [1.165, 1.54) is 13.3 Å². The number of benzene rings is 1. The van der Waals surface area contributed by atoms with Gasteiger partial charge in [-0.05, 0) is 26.0 Å². The van der Waals surface area contributed by atoms with Gasteiger partial charge in [-0.3, -0.25) is 4.79 Å². The summed E-state index contributed by atoms with van der Waals surface area (Å²) in [4.78, 5) is 40.6. The molecule has 206 valence electrons. The van der Waals surface area contributed by atoms with Crippen LogP contribution in [-0.2, 0) is 34.0 Å². The minimum atomic E-state index is -5.19. The predicted octanol–water partition coefficient (Wildman–Crippen LogP) is 0.775. The highest BCUT2D eigenvalue weighted by atomic mass is 35.5. The summed E-state index contributed by atoms with van der Waals surface area (Å²) in [5, 5.41) is 11.7. The van der Waals surface area contributed by atoms with Crippen molar-refractivity contribution in [1.29, 1.82) is 0 Å². The number of imidazole rings is 1. The van der Waals surface area contributed by atoms with Crippen molar-refractivity contribution in [1.82, 2.24) is 19.9 Å². The van der Waals surface area contributed by atoms with Gasteiger partial charge < -0.3 is 30.4 Å². The van der Waals surface area contributed by atoms with Crippen LogP contribution in [0, 0.1) is 0 Å². The maximum Gasteiger partial charge on any atom is 0.430 e. The molecule has 2 heterocycles. The van der Waals surface area contributed by atoms with Crippen molar-refractivity contribution in [3.63, 3.8) is 0 Å². The van der Waals surface area contributed by atoms with Crippen LogP contribution in [0.2, 0.25) is 5.15 Å². The van der Waals surface area contributed by atoms with Crippen molar-refractivity contribution in [3.05, 3.63) is 41.1 Å². The van der Waals surface area contributed by atoms with Crippen molar-refractivity contribution in [2.24, 2.45) is 0 Å². The smallest absolute Gasteiger partial charge is 0.430 e. The number of methoxy groups -OCH3 is 1. The van der Waals surface area contributed by atoms with E-state index in [-0.39, 0.29) is 29.8 Å². The molecule has 2 aromatic heterocycles. The molecule has 1 amide bonds. The highest BCUT2D eigenvalue weighted by Crippen LogP contribution is 2.22. The molecule has 0 atom stereocenters. The van der Waals surface area contributed by atoms with Crippen LogP contribution in [-0.4, -0.2) is 52.3 Å². The number of nitrogens with two attached hydrogens (primary N) is 1. The second-order valence-electron chi connectivity index (χ2n) is 7.31. The average molecular weight is 561 g/mol. The first-order valence-corrected chi connectivity index (χ1v) is 11.3. The minimum Gasteiger partial charge on any atom is -0.542 e. The number of carbonyl (C=O) groups excluding carboxylic acids is 3. The van der Waals surface area contributed by atoms with Gasteiger partial charge in [0.25, 0.3) is 11.7 Å². The summed E-state index contributed by atoms with van der Waals surface area (Å²) in [6.45, 7) is 5.44. The summed E-state index contributed by atoms with van der Waals surface area (Å²) in [5.74, 6) is -2.49.